The van der Waals surface area contributed by atoms with Crippen molar-refractivity contribution in [1.82, 2.24) is 0 Å². The second-order valence-electron chi connectivity index (χ2n) is 17.3. The van der Waals surface area contributed by atoms with Gasteiger partial charge in [0, 0.05) is 25.7 Å². The van der Waals surface area contributed by atoms with Crippen LogP contribution in [0.3, 0.4) is 0 Å². The van der Waals surface area contributed by atoms with Crippen LogP contribution in [0, 0.1) is 28.1 Å². The van der Waals surface area contributed by atoms with E-state index in [4.69, 9.17) is 23.7 Å². The first-order valence-electron chi connectivity index (χ1n) is 18.3. The first-order chi connectivity index (χ1) is 22.1. The third kappa shape index (κ3) is 10.2. The van der Waals surface area contributed by atoms with E-state index in [0.717, 1.165) is 51.4 Å². The second kappa shape index (κ2) is 15.4. The van der Waals surface area contributed by atoms with Crippen molar-refractivity contribution in [1.29, 1.82) is 0 Å². The van der Waals surface area contributed by atoms with Crippen LogP contribution in [0.1, 0.15) is 146 Å². The molecular weight excluding hydrogens is 616 g/mol. The summed E-state index contributed by atoms with van der Waals surface area (Å²) in [5.74, 6) is 0.191. The maximum Gasteiger partial charge on any atom is 0.347 e. The molecule has 2 aliphatic heterocycles. The Balaban J connectivity index is 0.000000199. The average molecular weight is 681 g/mol. The standard InChI is InChI=1S/C16H26O3.C12H22O3.C10H16O4/c1-4-14(2,3)13(17)19-16-8-11-5-12(9-16)7-15(18,6-11)10-16;1-5-11(2,3)10(13)15-12(4)6-8-14-9-7-12;1-4-10(2,3)9(12)14-7-5-6-13-8(7)11/h11-12,18H,4-10H2,1-3H3;5-9H2,1-4H3;7H,4-6H2,1-3H3. The van der Waals surface area contributed by atoms with Gasteiger partial charge in [-0.05, 0) is 112 Å². The van der Waals surface area contributed by atoms with Crippen molar-refractivity contribution < 1.29 is 48.0 Å². The summed E-state index contributed by atoms with van der Waals surface area (Å²) in [7, 11) is 0. The Hall–Kier alpha value is -2.20. The number of carbonyl (C=O) groups is 4. The number of rotatable bonds is 9. The fourth-order valence-electron chi connectivity index (χ4n) is 7.16. The summed E-state index contributed by atoms with van der Waals surface area (Å²) in [6.45, 7) is 21.0. The predicted octanol–water partition coefficient (Wildman–Crippen LogP) is 6.87. The number of aliphatic hydroxyl groups is 1. The first kappa shape index (κ1) is 40.2. The van der Waals surface area contributed by atoms with Crippen LogP contribution in [-0.4, -0.2) is 71.7 Å². The van der Waals surface area contributed by atoms with Gasteiger partial charge >= 0.3 is 23.9 Å². The Morgan fingerprint density at radius 3 is 1.69 bits per heavy atom. The molecule has 4 saturated carbocycles. The number of ether oxygens (including phenoxy) is 5. The highest BCUT2D eigenvalue weighted by molar-refractivity contribution is 5.82. The monoisotopic (exact) mass is 680 g/mol. The molecule has 0 aromatic carbocycles. The molecule has 2 heterocycles. The molecule has 6 fully saturated rings. The molecule has 1 N–H and O–H groups in total. The number of carbonyl (C=O) groups excluding carboxylic acids is 4. The largest absolute Gasteiger partial charge is 0.463 e. The van der Waals surface area contributed by atoms with E-state index in [9.17, 15) is 24.3 Å². The second-order valence-corrected chi connectivity index (χ2v) is 17.3. The van der Waals surface area contributed by atoms with Gasteiger partial charge in [0.2, 0.25) is 6.10 Å². The van der Waals surface area contributed by atoms with Crippen molar-refractivity contribution in [2.75, 3.05) is 19.8 Å². The summed E-state index contributed by atoms with van der Waals surface area (Å²) in [6.07, 6.45) is 9.34. The quantitative estimate of drug-likeness (QED) is 0.203. The Morgan fingerprint density at radius 2 is 1.25 bits per heavy atom. The van der Waals surface area contributed by atoms with Crippen molar-refractivity contribution >= 4 is 23.9 Å². The lowest BCUT2D eigenvalue weighted by molar-refractivity contribution is -0.225. The minimum atomic E-state index is -0.687. The number of hydrogen-bond acceptors (Lipinski definition) is 10. The molecule has 3 unspecified atom stereocenters. The molecule has 0 amide bonds. The van der Waals surface area contributed by atoms with Crippen molar-refractivity contribution in [3.63, 3.8) is 0 Å². The maximum atomic E-state index is 12.4. The molecule has 0 spiro atoms. The zero-order valence-corrected chi connectivity index (χ0v) is 31.5. The molecule has 0 aromatic heterocycles. The molecule has 4 aliphatic carbocycles. The van der Waals surface area contributed by atoms with E-state index in [1.54, 1.807) is 13.8 Å². The van der Waals surface area contributed by atoms with Crippen molar-refractivity contribution in [2.24, 2.45) is 28.1 Å². The summed E-state index contributed by atoms with van der Waals surface area (Å²) in [5, 5.41) is 10.6. The van der Waals surface area contributed by atoms with Crippen LogP contribution in [0.2, 0.25) is 0 Å². The van der Waals surface area contributed by atoms with E-state index in [1.165, 1.54) is 6.42 Å². The topological polar surface area (TPSA) is 135 Å². The lowest BCUT2D eigenvalue weighted by Crippen LogP contribution is -2.61. The minimum absolute atomic E-state index is 0.0828. The van der Waals surface area contributed by atoms with Crippen LogP contribution in [0.25, 0.3) is 0 Å². The highest BCUT2D eigenvalue weighted by Crippen LogP contribution is 2.59. The summed E-state index contributed by atoms with van der Waals surface area (Å²) >= 11 is 0. The molecule has 10 heteroatoms. The van der Waals surface area contributed by atoms with Crippen LogP contribution >= 0.6 is 0 Å². The van der Waals surface area contributed by atoms with Crippen LogP contribution in [0.5, 0.6) is 0 Å². The molecule has 3 atom stereocenters. The molecular formula is C38H64O10. The highest BCUT2D eigenvalue weighted by Gasteiger charge is 2.59. The fourth-order valence-corrected chi connectivity index (χ4v) is 7.16. The number of esters is 4. The van der Waals surface area contributed by atoms with Gasteiger partial charge in [0.1, 0.15) is 11.2 Å². The first-order valence-corrected chi connectivity index (χ1v) is 18.3. The van der Waals surface area contributed by atoms with Gasteiger partial charge in [-0.1, -0.05) is 20.8 Å². The minimum Gasteiger partial charge on any atom is -0.463 e. The molecule has 6 aliphatic rings. The lowest BCUT2D eigenvalue weighted by Gasteiger charge is -2.59. The maximum absolute atomic E-state index is 12.4. The van der Waals surface area contributed by atoms with E-state index >= 15 is 0 Å². The van der Waals surface area contributed by atoms with Crippen LogP contribution in [0.15, 0.2) is 0 Å². The normalized spacial score (nSPS) is 30.6. The molecule has 0 aromatic rings. The van der Waals surface area contributed by atoms with E-state index in [-0.39, 0.29) is 34.5 Å². The fraction of sp³-hybridized carbons (Fsp3) is 0.895. The van der Waals surface area contributed by atoms with Crippen LogP contribution in [-0.2, 0) is 42.9 Å². The Kier molecular flexibility index (Phi) is 12.9. The Bertz CT molecular complexity index is 1130. The van der Waals surface area contributed by atoms with E-state index in [0.29, 0.717) is 50.9 Å². The lowest BCUT2D eigenvalue weighted by atomic mass is 9.52. The van der Waals surface area contributed by atoms with Gasteiger partial charge in [-0.25, -0.2) is 4.79 Å². The predicted molar refractivity (Wildman–Crippen MR) is 181 cm³/mol. The average Bonchev–Trinajstić information content (AvgIpc) is 3.40. The third-order valence-electron chi connectivity index (χ3n) is 11.6. The Labute approximate surface area is 288 Å². The van der Waals surface area contributed by atoms with Crippen molar-refractivity contribution in [3.05, 3.63) is 0 Å². The highest BCUT2D eigenvalue weighted by atomic mass is 16.6. The van der Waals surface area contributed by atoms with Gasteiger partial charge in [0.25, 0.3) is 0 Å². The Morgan fingerprint density at radius 1 is 0.771 bits per heavy atom. The zero-order chi connectivity index (χ0) is 36.2. The van der Waals surface area contributed by atoms with Gasteiger partial charge in [-0.15, -0.1) is 0 Å². The van der Waals surface area contributed by atoms with Crippen LogP contribution in [0.4, 0.5) is 0 Å². The third-order valence-corrected chi connectivity index (χ3v) is 11.6. The van der Waals surface area contributed by atoms with E-state index in [1.807, 2.05) is 55.4 Å². The molecule has 276 valence electrons. The van der Waals surface area contributed by atoms with Gasteiger partial charge in [-0.3, -0.25) is 14.4 Å². The van der Waals surface area contributed by atoms with Gasteiger partial charge in [0.05, 0.1) is 41.7 Å². The van der Waals surface area contributed by atoms with Gasteiger partial charge in [-0.2, -0.15) is 0 Å². The number of hydrogen-bond donors (Lipinski definition) is 1. The molecule has 48 heavy (non-hydrogen) atoms. The van der Waals surface area contributed by atoms with Gasteiger partial charge in [0.15, 0.2) is 0 Å². The molecule has 0 radical (unpaired) electrons. The summed E-state index contributed by atoms with van der Waals surface area (Å²) in [4.78, 5) is 46.9. The molecule has 4 bridgehead atoms. The molecule has 2 saturated heterocycles. The molecule has 10 nitrogen and oxygen atoms in total. The number of cyclic esters (lactones) is 1. The van der Waals surface area contributed by atoms with E-state index < -0.39 is 28.5 Å². The van der Waals surface area contributed by atoms with Crippen molar-refractivity contribution in [3.8, 4) is 0 Å². The SMILES string of the molecule is CCC(C)(C)C(=O)OC1(C)CCOCC1.CCC(C)(C)C(=O)OC12CC3CC(CC(O)(C3)C1)C2.CCC(C)(C)C(=O)OC1CCOC1=O. The molecule has 6 rings (SSSR count). The van der Waals surface area contributed by atoms with Crippen LogP contribution < -0.4 is 0 Å². The summed E-state index contributed by atoms with van der Waals surface area (Å²) in [6, 6.07) is 0. The smallest absolute Gasteiger partial charge is 0.347 e. The summed E-state index contributed by atoms with van der Waals surface area (Å²) in [5.41, 5.74) is -2.54. The summed E-state index contributed by atoms with van der Waals surface area (Å²) < 4.78 is 26.6. The van der Waals surface area contributed by atoms with E-state index in [2.05, 4.69) is 0 Å². The van der Waals surface area contributed by atoms with Gasteiger partial charge < -0.3 is 28.8 Å². The van der Waals surface area contributed by atoms with Crippen molar-refractivity contribution in [2.45, 2.75) is 169 Å². The zero-order valence-electron chi connectivity index (χ0n) is 31.5.